The maximum atomic E-state index is 13.6. The molecule has 0 atom stereocenters. The van der Waals surface area contributed by atoms with Crippen LogP contribution in [0.4, 0.5) is 13.6 Å². The van der Waals surface area contributed by atoms with Crippen LogP contribution in [-0.2, 0) is 17.3 Å². The van der Waals surface area contributed by atoms with E-state index in [0.717, 1.165) is 19.8 Å². The van der Waals surface area contributed by atoms with Crippen LogP contribution < -0.4 is 0 Å². The number of carbonyl (C=O) groups is 2. The fourth-order valence-electron chi connectivity index (χ4n) is 4.77. The van der Waals surface area contributed by atoms with E-state index in [1.165, 1.54) is 18.2 Å². The van der Waals surface area contributed by atoms with E-state index >= 15 is 0 Å². The largest absolute Gasteiger partial charge is 0.445 e. The number of hydrogen-bond donors (Lipinski definition) is 1. The Morgan fingerprint density at radius 3 is 2.51 bits per heavy atom. The van der Waals surface area contributed by atoms with Gasteiger partial charge in [-0.15, -0.1) is 0 Å². The number of aromatic amines is 1. The lowest BCUT2D eigenvalue weighted by Gasteiger charge is -2.53. The van der Waals surface area contributed by atoms with Crippen molar-refractivity contribution in [1.82, 2.24) is 25.2 Å². The summed E-state index contributed by atoms with van der Waals surface area (Å²) in [6, 6.07) is 9.26. The number of halogens is 3. The molecule has 1 N–H and O–H groups in total. The third-order valence-electron chi connectivity index (χ3n) is 6.81. The number of aromatic nitrogens is 3. The molecule has 35 heavy (non-hydrogen) atoms. The fourth-order valence-corrected chi connectivity index (χ4v) is 5.02. The molecule has 2 aromatic carbocycles. The molecule has 2 saturated heterocycles. The Hall–Kier alpha value is -3.27. The Morgan fingerprint density at radius 1 is 1.09 bits per heavy atom. The smallest absolute Gasteiger partial charge is 0.410 e. The predicted molar refractivity (Wildman–Crippen MR) is 124 cm³/mol. The highest BCUT2D eigenvalue weighted by molar-refractivity contribution is 6.30. The third-order valence-corrected chi connectivity index (χ3v) is 7.03. The van der Waals surface area contributed by atoms with Gasteiger partial charge in [0, 0.05) is 54.7 Å². The molecular formula is C24H24ClF2N5O3. The van der Waals surface area contributed by atoms with E-state index in [2.05, 4.69) is 15.4 Å². The maximum Gasteiger partial charge on any atom is 0.410 e. The Balaban J connectivity index is 1.12. The van der Waals surface area contributed by atoms with Gasteiger partial charge in [0.05, 0.1) is 0 Å². The molecular weight excluding hydrogens is 480 g/mol. The van der Waals surface area contributed by atoms with Crippen LogP contribution in [-0.4, -0.2) is 63.4 Å². The number of amides is 2. The van der Waals surface area contributed by atoms with Crippen molar-refractivity contribution in [3.05, 3.63) is 58.1 Å². The molecule has 0 radical (unpaired) electrons. The number of rotatable bonds is 4. The van der Waals surface area contributed by atoms with Gasteiger partial charge in [-0.3, -0.25) is 4.79 Å². The second kappa shape index (κ2) is 8.75. The minimum absolute atomic E-state index is 0.000995. The highest BCUT2D eigenvalue weighted by Gasteiger charge is 2.47. The van der Waals surface area contributed by atoms with E-state index in [1.54, 1.807) is 23.1 Å². The topological polar surface area (TPSA) is 91.4 Å². The summed E-state index contributed by atoms with van der Waals surface area (Å²) in [5.74, 6) is -3.08. The first-order valence-electron chi connectivity index (χ1n) is 11.3. The second-order valence-electron chi connectivity index (χ2n) is 9.47. The van der Waals surface area contributed by atoms with Gasteiger partial charge in [0.25, 0.3) is 11.8 Å². The molecule has 5 rings (SSSR count). The van der Waals surface area contributed by atoms with E-state index in [4.69, 9.17) is 16.3 Å². The highest BCUT2D eigenvalue weighted by atomic mass is 35.5. The van der Waals surface area contributed by atoms with Crippen molar-refractivity contribution in [2.24, 2.45) is 5.41 Å². The quantitative estimate of drug-likeness (QED) is 0.562. The molecule has 1 aromatic heterocycles. The van der Waals surface area contributed by atoms with Crippen LogP contribution in [0.2, 0.25) is 5.02 Å². The molecule has 0 unspecified atom stereocenters. The molecule has 11 heteroatoms. The van der Waals surface area contributed by atoms with Crippen LogP contribution in [0.25, 0.3) is 11.0 Å². The summed E-state index contributed by atoms with van der Waals surface area (Å²) in [5.41, 5.74) is 2.12. The number of nitrogens with zero attached hydrogens (tertiary/aromatic N) is 4. The van der Waals surface area contributed by atoms with Gasteiger partial charge in [0.2, 0.25) is 0 Å². The van der Waals surface area contributed by atoms with Crippen LogP contribution in [0.15, 0.2) is 36.4 Å². The average Bonchev–Trinajstić information content (AvgIpc) is 3.28. The van der Waals surface area contributed by atoms with Crippen molar-refractivity contribution in [1.29, 1.82) is 0 Å². The summed E-state index contributed by atoms with van der Waals surface area (Å²) in [5, 5.41) is 10.7. The predicted octanol–water partition coefficient (Wildman–Crippen LogP) is 4.60. The molecule has 0 aliphatic carbocycles. The molecule has 2 fully saturated rings. The average molecular weight is 504 g/mol. The van der Waals surface area contributed by atoms with Crippen LogP contribution in [0.1, 0.15) is 41.3 Å². The van der Waals surface area contributed by atoms with Crippen molar-refractivity contribution in [2.75, 3.05) is 26.2 Å². The standard InChI is InChI=1S/C24H24ClF2N5O3/c1-23(26,27)17-8-15(9-18(25)11-17)12-35-22(34)31-6-4-24(5-7-31)13-32(14-24)21(33)16-2-3-19-20(10-16)29-30-28-19/h2-3,8-11H,4-7,12-14H2,1H3,(H,28,29,30). The fraction of sp³-hybridized carbons (Fsp3) is 0.417. The van der Waals surface area contributed by atoms with Crippen molar-refractivity contribution in [3.63, 3.8) is 0 Å². The first kappa shape index (κ1) is 23.5. The van der Waals surface area contributed by atoms with Gasteiger partial charge in [-0.1, -0.05) is 11.6 Å². The van der Waals surface area contributed by atoms with E-state index in [9.17, 15) is 18.4 Å². The maximum absolute atomic E-state index is 13.6. The Kier molecular flexibility index (Phi) is 5.86. The van der Waals surface area contributed by atoms with Crippen molar-refractivity contribution in [2.45, 2.75) is 32.3 Å². The SMILES string of the molecule is CC(F)(F)c1cc(Cl)cc(COC(=O)N2CCC3(CC2)CN(C(=O)c2ccc4n[nH]nc4c2)C3)c1. The molecule has 2 amide bonds. The van der Waals surface area contributed by atoms with Crippen LogP contribution in [0, 0.1) is 5.41 Å². The first-order chi connectivity index (χ1) is 16.6. The van der Waals surface area contributed by atoms with Gasteiger partial charge in [-0.2, -0.15) is 15.4 Å². The summed E-state index contributed by atoms with van der Waals surface area (Å²) in [6.45, 7) is 2.97. The minimum atomic E-state index is -3.04. The Bertz CT molecular complexity index is 1280. The van der Waals surface area contributed by atoms with Gasteiger partial charge in [-0.25, -0.2) is 13.6 Å². The minimum Gasteiger partial charge on any atom is -0.445 e. The lowest BCUT2D eigenvalue weighted by molar-refractivity contribution is -0.0319. The van der Waals surface area contributed by atoms with E-state index < -0.39 is 12.0 Å². The number of fused-ring (bicyclic) bond motifs is 1. The zero-order chi connectivity index (χ0) is 24.8. The van der Waals surface area contributed by atoms with Crippen molar-refractivity contribution >= 4 is 34.6 Å². The number of carbonyl (C=O) groups excluding carboxylic acids is 2. The molecule has 184 valence electrons. The Morgan fingerprint density at radius 2 is 1.80 bits per heavy atom. The van der Waals surface area contributed by atoms with Gasteiger partial charge in [-0.05, 0) is 54.8 Å². The lowest BCUT2D eigenvalue weighted by atomic mass is 9.72. The number of benzene rings is 2. The lowest BCUT2D eigenvalue weighted by Crippen LogP contribution is -2.62. The highest BCUT2D eigenvalue weighted by Crippen LogP contribution is 2.41. The summed E-state index contributed by atoms with van der Waals surface area (Å²) < 4.78 is 32.6. The number of ether oxygens (including phenoxy) is 1. The van der Waals surface area contributed by atoms with Crippen LogP contribution in [0.5, 0.6) is 0 Å². The number of H-pyrrole nitrogens is 1. The number of likely N-dealkylation sites (tertiary alicyclic amines) is 2. The normalized spacial score (nSPS) is 17.5. The third kappa shape index (κ3) is 4.80. The summed E-state index contributed by atoms with van der Waals surface area (Å²) in [7, 11) is 0. The molecule has 2 aliphatic heterocycles. The molecule has 3 aromatic rings. The molecule has 0 saturated carbocycles. The molecule has 0 bridgehead atoms. The number of piperidine rings is 1. The molecule has 1 spiro atoms. The first-order valence-corrected chi connectivity index (χ1v) is 11.7. The Labute approximate surface area is 205 Å². The van der Waals surface area contributed by atoms with Gasteiger partial charge in [0.1, 0.15) is 17.6 Å². The number of hydrogen-bond acceptors (Lipinski definition) is 5. The van der Waals surface area contributed by atoms with Crippen molar-refractivity contribution < 1.29 is 23.1 Å². The second-order valence-corrected chi connectivity index (χ2v) is 9.90. The number of nitrogens with one attached hydrogen (secondary N) is 1. The monoisotopic (exact) mass is 503 g/mol. The number of alkyl halides is 2. The van der Waals surface area contributed by atoms with E-state index in [0.29, 0.717) is 48.3 Å². The van der Waals surface area contributed by atoms with E-state index in [-0.39, 0.29) is 28.5 Å². The molecule has 8 nitrogen and oxygen atoms in total. The van der Waals surface area contributed by atoms with Crippen LogP contribution >= 0.6 is 11.6 Å². The van der Waals surface area contributed by atoms with Gasteiger partial charge in [0.15, 0.2) is 0 Å². The summed E-state index contributed by atoms with van der Waals surface area (Å²) >= 11 is 5.95. The molecule has 2 aliphatic rings. The van der Waals surface area contributed by atoms with Crippen molar-refractivity contribution in [3.8, 4) is 0 Å². The zero-order valence-electron chi connectivity index (χ0n) is 19.1. The molecule has 3 heterocycles. The summed E-state index contributed by atoms with van der Waals surface area (Å²) in [4.78, 5) is 28.8. The van der Waals surface area contributed by atoms with Gasteiger partial charge < -0.3 is 14.5 Å². The summed E-state index contributed by atoms with van der Waals surface area (Å²) in [6.07, 6.45) is 1.03. The van der Waals surface area contributed by atoms with Gasteiger partial charge >= 0.3 is 6.09 Å². The van der Waals surface area contributed by atoms with Crippen LogP contribution in [0.3, 0.4) is 0 Å². The zero-order valence-corrected chi connectivity index (χ0v) is 19.8. The van der Waals surface area contributed by atoms with E-state index in [1.807, 2.05) is 4.90 Å².